The first-order valence-electron chi connectivity index (χ1n) is 5.39. The van der Waals surface area contributed by atoms with Gasteiger partial charge in [-0.1, -0.05) is 12.1 Å². The van der Waals surface area contributed by atoms with Crippen LogP contribution in [-0.2, 0) is 6.54 Å². The molecule has 1 fully saturated rings. The zero-order chi connectivity index (χ0) is 10.7. The molecule has 0 unspecified atom stereocenters. The lowest BCUT2D eigenvalue weighted by Gasteiger charge is -2.22. The zero-order valence-corrected chi connectivity index (χ0v) is 8.69. The predicted octanol–water partition coefficient (Wildman–Crippen LogP) is 1.78. The average Bonchev–Trinajstić information content (AvgIpc) is 2.65. The number of nitrogens with zero attached hydrogens (tertiary/aromatic N) is 1. The maximum atomic E-state index is 13.0. The second-order valence-electron chi connectivity index (χ2n) is 4.08. The summed E-state index contributed by atoms with van der Waals surface area (Å²) in [5.74, 6) is -0.188. The molecule has 0 bridgehead atoms. The minimum Gasteiger partial charge on any atom is -0.395 e. The van der Waals surface area contributed by atoms with Gasteiger partial charge in [-0.3, -0.25) is 4.90 Å². The highest BCUT2D eigenvalue weighted by Gasteiger charge is 2.23. The lowest BCUT2D eigenvalue weighted by molar-refractivity contribution is 0.153. The van der Waals surface area contributed by atoms with E-state index < -0.39 is 0 Å². The fourth-order valence-corrected chi connectivity index (χ4v) is 2.18. The van der Waals surface area contributed by atoms with E-state index >= 15 is 0 Å². The molecule has 1 N–H and O–H groups in total. The largest absolute Gasteiger partial charge is 0.395 e. The Morgan fingerprint density at radius 1 is 1.47 bits per heavy atom. The van der Waals surface area contributed by atoms with Gasteiger partial charge in [0, 0.05) is 12.6 Å². The zero-order valence-electron chi connectivity index (χ0n) is 8.69. The van der Waals surface area contributed by atoms with Crippen molar-refractivity contribution in [3.8, 4) is 0 Å². The highest BCUT2D eigenvalue weighted by atomic mass is 19.1. The molecule has 1 aliphatic rings. The summed E-state index contributed by atoms with van der Waals surface area (Å²) in [5.41, 5.74) is 0.982. The van der Waals surface area contributed by atoms with Crippen molar-refractivity contribution in [1.82, 2.24) is 4.90 Å². The van der Waals surface area contributed by atoms with Crippen LogP contribution >= 0.6 is 0 Å². The Morgan fingerprint density at radius 3 is 3.07 bits per heavy atom. The van der Waals surface area contributed by atoms with E-state index in [2.05, 4.69) is 4.90 Å². The van der Waals surface area contributed by atoms with E-state index in [1.54, 1.807) is 12.1 Å². The summed E-state index contributed by atoms with van der Waals surface area (Å²) in [6, 6.07) is 6.93. The number of aliphatic hydroxyl groups excluding tert-OH is 1. The number of rotatable bonds is 3. The van der Waals surface area contributed by atoms with Crippen LogP contribution in [0.25, 0.3) is 0 Å². The van der Waals surface area contributed by atoms with Crippen LogP contribution < -0.4 is 0 Å². The van der Waals surface area contributed by atoms with Crippen LogP contribution in [0.4, 0.5) is 4.39 Å². The molecular weight excluding hydrogens is 193 g/mol. The van der Waals surface area contributed by atoms with Gasteiger partial charge in [-0.25, -0.2) is 4.39 Å². The number of hydrogen-bond acceptors (Lipinski definition) is 2. The summed E-state index contributed by atoms with van der Waals surface area (Å²) in [5, 5.41) is 9.15. The topological polar surface area (TPSA) is 23.5 Å². The molecule has 1 atom stereocenters. The highest BCUT2D eigenvalue weighted by molar-refractivity contribution is 5.16. The molecule has 0 aromatic heterocycles. The second kappa shape index (κ2) is 4.73. The van der Waals surface area contributed by atoms with Crippen LogP contribution in [0.3, 0.4) is 0 Å². The summed E-state index contributed by atoms with van der Waals surface area (Å²) in [7, 11) is 0. The van der Waals surface area contributed by atoms with Crippen LogP contribution in [0, 0.1) is 5.82 Å². The fraction of sp³-hybridized carbons (Fsp3) is 0.500. The van der Waals surface area contributed by atoms with Crippen molar-refractivity contribution in [3.05, 3.63) is 35.6 Å². The summed E-state index contributed by atoms with van der Waals surface area (Å²) < 4.78 is 13.0. The molecule has 0 spiro atoms. The summed E-state index contributed by atoms with van der Waals surface area (Å²) >= 11 is 0. The van der Waals surface area contributed by atoms with Gasteiger partial charge in [-0.2, -0.15) is 0 Å². The molecular formula is C12H16FNO. The third-order valence-electron chi connectivity index (χ3n) is 2.98. The maximum Gasteiger partial charge on any atom is 0.123 e. The monoisotopic (exact) mass is 209 g/mol. The quantitative estimate of drug-likeness (QED) is 0.820. The predicted molar refractivity (Wildman–Crippen MR) is 56.9 cm³/mol. The van der Waals surface area contributed by atoms with Gasteiger partial charge in [-0.05, 0) is 37.1 Å². The average molecular weight is 209 g/mol. The van der Waals surface area contributed by atoms with E-state index in [0.29, 0.717) is 0 Å². The van der Waals surface area contributed by atoms with Crippen LogP contribution in [0.5, 0.6) is 0 Å². The van der Waals surface area contributed by atoms with Crippen molar-refractivity contribution in [2.45, 2.75) is 25.4 Å². The SMILES string of the molecule is OC[C@H]1CCCN1Cc1cccc(F)c1. The minimum atomic E-state index is -0.188. The molecule has 15 heavy (non-hydrogen) atoms. The van der Waals surface area contributed by atoms with Gasteiger partial charge < -0.3 is 5.11 Å². The third-order valence-corrected chi connectivity index (χ3v) is 2.98. The number of hydrogen-bond donors (Lipinski definition) is 1. The van der Waals surface area contributed by atoms with Gasteiger partial charge in [0.2, 0.25) is 0 Å². The smallest absolute Gasteiger partial charge is 0.123 e. The van der Waals surface area contributed by atoms with E-state index in [0.717, 1.165) is 31.5 Å². The Morgan fingerprint density at radius 2 is 2.33 bits per heavy atom. The lowest BCUT2D eigenvalue weighted by atomic mass is 10.2. The molecule has 1 heterocycles. The van der Waals surface area contributed by atoms with E-state index in [1.165, 1.54) is 6.07 Å². The first-order chi connectivity index (χ1) is 7.29. The molecule has 1 aromatic rings. The van der Waals surface area contributed by atoms with Crippen molar-refractivity contribution in [1.29, 1.82) is 0 Å². The fourth-order valence-electron chi connectivity index (χ4n) is 2.18. The molecule has 0 amide bonds. The summed E-state index contributed by atoms with van der Waals surface area (Å²) in [6.45, 7) is 1.94. The van der Waals surface area contributed by atoms with Gasteiger partial charge in [0.25, 0.3) is 0 Å². The molecule has 82 valence electrons. The molecule has 1 aliphatic heterocycles. The number of likely N-dealkylation sites (tertiary alicyclic amines) is 1. The lowest BCUT2D eigenvalue weighted by Crippen LogP contribution is -2.31. The van der Waals surface area contributed by atoms with Crippen molar-refractivity contribution >= 4 is 0 Å². The molecule has 0 saturated carbocycles. The summed E-state index contributed by atoms with van der Waals surface area (Å²) in [4.78, 5) is 2.22. The Labute approximate surface area is 89.3 Å². The van der Waals surface area contributed by atoms with E-state index in [-0.39, 0.29) is 18.5 Å². The Balaban J connectivity index is 2.02. The molecule has 1 aromatic carbocycles. The van der Waals surface area contributed by atoms with Gasteiger partial charge >= 0.3 is 0 Å². The van der Waals surface area contributed by atoms with Crippen LogP contribution in [-0.4, -0.2) is 29.2 Å². The summed E-state index contributed by atoms with van der Waals surface area (Å²) in [6.07, 6.45) is 2.17. The maximum absolute atomic E-state index is 13.0. The molecule has 1 saturated heterocycles. The Hall–Kier alpha value is -0.930. The molecule has 0 aliphatic carbocycles. The second-order valence-corrected chi connectivity index (χ2v) is 4.08. The first-order valence-corrected chi connectivity index (χ1v) is 5.39. The molecule has 2 rings (SSSR count). The van der Waals surface area contributed by atoms with Gasteiger partial charge in [0.1, 0.15) is 5.82 Å². The Bertz CT molecular complexity index is 329. The van der Waals surface area contributed by atoms with Crippen LogP contribution in [0.2, 0.25) is 0 Å². The number of aliphatic hydroxyl groups is 1. The van der Waals surface area contributed by atoms with Crippen LogP contribution in [0.1, 0.15) is 18.4 Å². The van der Waals surface area contributed by atoms with E-state index in [1.807, 2.05) is 6.07 Å². The van der Waals surface area contributed by atoms with Crippen molar-refractivity contribution in [2.75, 3.05) is 13.2 Å². The standard InChI is InChI=1S/C12H16FNO/c13-11-4-1-3-10(7-11)8-14-6-2-5-12(14)9-15/h1,3-4,7,12,15H,2,5-6,8-9H2/t12-/m1/s1. The number of halogens is 1. The van der Waals surface area contributed by atoms with Crippen LogP contribution in [0.15, 0.2) is 24.3 Å². The Kier molecular flexibility index (Phi) is 3.34. The van der Waals surface area contributed by atoms with Gasteiger partial charge in [0.05, 0.1) is 6.61 Å². The molecule has 0 radical (unpaired) electrons. The van der Waals surface area contributed by atoms with Crippen molar-refractivity contribution in [2.24, 2.45) is 0 Å². The third kappa shape index (κ3) is 2.55. The normalized spacial score (nSPS) is 22.1. The minimum absolute atomic E-state index is 0.188. The van der Waals surface area contributed by atoms with E-state index in [4.69, 9.17) is 5.11 Å². The number of benzene rings is 1. The molecule has 2 nitrogen and oxygen atoms in total. The molecule has 3 heteroatoms. The highest BCUT2D eigenvalue weighted by Crippen LogP contribution is 2.19. The van der Waals surface area contributed by atoms with Crippen molar-refractivity contribution < 1.29 is 9.50 Å². The van der Waals surface area contributed by atoms with Crippen molar-refractivity contribution in [3.63, 3.8) is 0 Å². The first kappa shape index (κ1) is 10.6. The van der Waals surface area contributed by atoms with E-state index in [9.17, 15) is 4.39 Å². The van der Waals surface area contributed by atoms with Gasteiger partial charge in [0.15, 0.2) is 0 Å². The van der Waals surface area contributed by atoms with Gasteiger partial charge in [-0.15, -0.1) is 0 Å².